The number of hydrogen-bond donors (Lipinski definition) is 1. The molecule has 1 saturated heterocycles. The van der Waals surface area contributed by atoms with Crippen LogP contribution in [0.25, 0.3) is 11.5 Å². The van der Waals surface area contributed by atoms with Gasteiger partial charge in [-0.25, -0.2) is 0 Å². The summed E-state index contributed by atoms with van der Waals surface area (Å²) in [7, 11) is 2.07. The Bertz CT molecular complexity index is 722. The van der Waals surface area contributed by atoms with Crippen molar-refractivity contribution in [2.75, 3.05) is 46.5 Å². The number of aromatic nitrogens is 2. The first-order chi connectivity index (χ1) is 13.2. The molecule has 0 bridgehead atoms. The number of likely N-dealkylation sites (N-methyl/N-ethyl adjacent to an activating group) is 1. The van der Waals surface area contributed by atoms with Gasteiger partial charge in [-0.05, 0) is 40.0 Å². The van der Waals surface area contributed by atoms with Crippen LogP contribution in [0.5, 0.6) is 17.2 Å². The normalized spacial score (nSPS) is 17.7. The van der Waals surface area contributed by atoms with Crippen molar-refractivity contribution in [2.45, 2.75) is 26.8 Å². The van der Waals surface area contributed by atoms with Crippen LogP contribution in [0.1, 0.15) is 32.6 Å². The van der Waals surface area contributed by atoms with E-state index in [1.807, 2.05) is 32.9 Å². The van der Waals surface area contributed by atoms with Crippen molar-refractivity contribution in [3.05, 3.63) is 18.0 Å². The van der Waals surface area contributed by atoms with Crippen LogP contribution in [0.3, 0.4) is 0 Å². The molecule has 1 fully saturated rings. The van der Waals surface area contributed by atoms with E-state index in [-0.39, 0.29) is 6.04 Å². The summed E-state index contributed by atoms with van der Waals surface area (Å²) in [6, 6.07) is 3.81. The minimum absolute atomic E-state index is 0.0941. The number of piperazine rings is 1. The second kappa shape index (κ2) is 9.05. The summed E-state index contributed by atoms with van der Waals surface area (Å²) in [6.07, 6.45) is 0. The van der Waals surface area contributed by atoms with Crippen LogP contribution in [0, 0.1) is 0 Å². The highest BCUT2D eigenvalue weighted by molar-refractivity contribution is 5.65. The van der Waals surface area contributed by atoms with Crippen LogP contribution < -0.4 is 19.5 Å². The van der Waals surface area contributed by atoms with Crippen molar-refractivity contribution in [2.24, 2.45) is 0 Å². The molecule has 1 unspecified atom stereocenters. The van der Waals surface area contributed by atoms with Gasteiger partial charge in [0.2, 0.25) is 5.75 Å². The summed E-state index contributed by atoms with van der Waals surface area (Å²) in [5.74, 6) is 2.92. The highest BCUT2D eigenvalue weighted by atomic mass is 16.5. The lowest BCUT2D eigenvalue weighted by Gasteiger charge is -2.30. The third-order valence-electron chi connectivity index (χ3n) is 4.41. The van der Waals surface area contributed by atoms with Crippen LogP contribution in [0.15, 0.2) is 16.7 Å². The zero-order valence-electron chi connectivity index (χ0n) is 16.4. The number of nitrogens with zero attached hydrogens (tertiary/aromatic N) is 3. The van der Waals surface area contributed by atoms with Gasteiger partial charge in [0, 0.05) is 25.2 Å². The number of nitrogens with one attached hydrogen (secondary N) is 1. The van der Waals surface area contributed by atoms with E-state index in [4.69, 9.17) is 18.7 Å². The first kappa shape index (κ1) is 19.4. The molecule has 0 radical (unpaired) electrons. The second-order valence-electron chi connectivity index (χ2n) is 6.26. The van der Waals surface area contributed by atoms with Gasteiger partial charge in [-0.3, -0.25) is 4.90 Å². The lowest BCUT2D eigenvalue weighted by molar-refractivity contribution is 0.190. The molecule has 8 nitrogen and oxygen atoms in total. The summed E-state index contributed by atoms with van der Waals surface area (Å²) in [6.45, 7) is 10.0. The predicted octanol–water partition coefficient (Wildman–Crippen LogP) is 2.51. The van der Waals surface area contributed by atoms with E-state index in [9.17, 15) is 0 Å². The molecule has 148 valence electrons. The van der Waals surface area contributed by atoms with Crippen molar-refractivity contribution >= 4 is 0 Å². The fourth-order valence-corrected chi connectivity index (χ4v) is 3.09. The first-order valence-corrected chi connectivity index (χ1v) is 9.49. The minimum atomic E-state index is 0.0941. The Balaban J connectivity index is 1.96. The maximum absolute atomic E-state index is 5.77. The van der Waals surface area contributed by atoms with Gasteiger partial charge in [-0.1, -0.05) is 5.16 Å². The molecule has 1 aliphatic rings. The molecule has 1 aromatic carbocycles. The average molecular weight is 376 g/mol. The number of hydrogen-bond acceptors (Lipinski definition) is 8. The maximum Gasteiger partial charge on any atom is 0.258 e. The third kappa shape index (κ3) is 4.33. The molecule has 0 spiro atoms. The molecule has 3 rings (SSSR count). The summed E-state index contributed by atoms with van der Waals surface area (Å²) >= 11 is 0. The molecule has 1 atom stereocenters. The van der Waals surface area contributed by atoms with Gasteiger partial charge in [0.05, 0.1) is 25.9 Å². The van der Waals surface area contributed by atoms with Crippen LogP contribution in [0.4, 0.5) is 0 Å². The fourth-order valence-electron chi connectivity index (χ4n) is 3.09. The van der Waals surface area contributed by atoms with Crippen LogP contribution in [-0.2, 0) is 0 Å². The Morgan fingerprint density at radius 1 is 1.11 bits per heavy atom. The van der Waals surface area contributed by atoms with E-state index in [1.54, 1.807) is 0 Å². The zero-order valence-corrected chi connectivity index (χ0v) is 16.4. The second-order valence-corrected chi connectivity index (χ2v) is 6.26. The van der Waals surface area contributed by atoms with E-state index in [0.717, 1.165) is 25.2 Å². The van der Waals surface area contributed by atoms with E-state index in [2.05, 4.69) is 27.4 Å². The quantitative estimate of drug-likeness (QED) is 0.753. The Kier molecular flexibility index (Phi) is 6.52. The molecule has 0 aliphatic carbocycles. The summed E-state index contributed by atoms with van der Waals surface area (Å²) in [4.78, 5) is 6.84. The van der Waals surface area contributed by atoms with Gasteiger partial charge in [0.25, 0.3) is 5.89 Å². The molecule has 1 N–H and O–H groups in total. The molecule has 1 aliphatic heterocycles. The summed E-state index contributed by atoms with van der Waals surface area (Å²) in [5.41, 5.74) is 0.746. The largest absolute Gasteiger partial charge is 0.490 e. The zero-order chi connectivity index (χ0) is 19.2. The molecule has 27 heavy (non-hydrogen) atoms. The number of rotatable bonds is 8. The fraction of sp³-hybridized carbons (Fsp3) is 0.579. The lowest BCUT2D eigenvalue weighted by Crippen LogP contribution is -2.44. The first-order valence-electron chi connectivity index (χ1n) is 9.49. The lowest BCUT2D eigenvalue weighted by atomic mass is 10.1. The predicted molar refractivity (Wildman–Crippen MR) is 101 cm³/mol. The van der Waals surface area contributed by atoms with Crippen molar-refractivity contribution in [1.29, 1.82) is 0 Å². The molecule has 2 aromatic rings. The van der Waals surface area contributed by atoms with Gasteiger partial charge in [-0.15, -0.1) is 0 Å². The number of benzene rings is 1. The molecule has 2 heterocycles. The van der Waals surface area contributed by atoms with Crippen molar-refractivity contribution in [3.8, 4) is 28.7 Å². The Hall–Kier alpha value is -2.32. The molecule has 0 saturated carbocycles. The van der Waals surface area contributed by atoms with Gasteiger partial charge in [0.15, 0.2) is 17.3 Å². The van der Waals surface area contributed by atoms with Gasteiger partial charge >= 0.3 is 0 Å². The molecule has 0 amide bonds. The highest BCUT2D eigenvalue weighted by Gasteiger charge is 2.26. The smallest absolute Gasteiger partial charge is 0.258 e. The average Bonchev–Trinajstić information content (AvgIpc) is 3.15. The van der Waals surface area contributed by atoms with Crippen LogP contribution >= 0.6 is 0 Å². The SMILES string of the molecule is CCOc1cc(-c2nc(C3CNCCN3C)no2)cc(OCC)c1OCC. The van der Waals surface area contributed by atoms with Gasteiger partial charge in [0.1, 0.15) is 0 Å². The van der Waals surface area contributed by atoms with E-state index >= 15 is 0 Å². The van der Waals surface area contributed by atoms with E-state index in [1.165, 1.54) is 0 Å². The summed E-state index contributed by atoms with van der Waals surface area (Å²) < 4.78 is 22.8. The molecule has 1 aromatic heterocycles. The van der Waals surface area contributed by atoms with Crippen LogP contribution in [-0.4, -0.2) is 61.5 Å². The molecular formula is C19H28N4O4. The maximum atomic E-state index is 5.77. The monoisotopic (exact) mass is 376 g/mol. The third-order valence-corrected chi connectivity index (χ3v) is 4.41. The van der Waals surface area contributed by atoms with Crippen molar-refractivity contribution in [1.82, 2.24) is 20.4 Å². The number of ether oxygens (including phenoxy) is 3. The van der Waals surface area contributed by atoms with Gasteiger partial charge < -0.3 is 24.1 Å². The summed E-state index contributed by atoms with van der Waals surface area (Å²) in [5, 5.41) is 7.56. The minimum Gasteiger partial charge on any atom is -0.490 e. The Morgan fingerprint density at radius 3 is 2.37 bits per heavy atom. The van der Waals surface area contributed by atoms with Crippen LogP contribution in [0.2, 0.25) is 0 Å². The standard InChI is InChI=1S/C19H28N4O4/c1-5-24-15-10-13(11-16(25-6-2)17(15)26-7-3)19-21-18(22-27-19)14-12-20-8-9-23(14)4/h10-11,14,20H,5-9,12H2,1-4H3. The van der Waals surface area contributed by atoms with Crippen molar-refractivity contribution < 1.29 is 18.7 Å². The molecular weight excluding hydrogens is 348 g/mol. The van der Waals surface area contributed by atoms with E-state index in [0.29, 0.717) is 48.8 Å². The van der Waals surface area contributed by atoms with Crippen molar-refractivity contribution in [3.63, 3.8) is 0 Å². The topological polar surface area (TPSA) is 81.9 Å². The van der Waals surface area contributed by atoms with E-state index < -0.39 is 0 Å². The van der Waals surface area contributed by atoms with Gasteiger partial charge in [-0.2, -0.15) is 4.98 Å². The molecule has 8 heteroatoms. The Labute approximate surface area is 159 Å². The highest BCUT2D eigenvalue weighted by Crippen LogP contribution is 2.41. The Morgan fingerprint density at radius 2 is 1.78 bits per heavy atom.